The predicted octanol–water partition coefficient (Wildman–Crippen LogP) is 5.42. The molecular formula is C12H9Br3N2. The number of rotatable bonds is 2. The molecule has 17 heavy (non-hydrogen) atoms. The molecule has 1 aromatic carbocycles. The number of halogens is 3. The minimum Gasteiger partial charge on any atom is -0.338 e. The van der Waals surface area contributed by atoms with Gasteiger partial charge in [-0.1, -0.05) is 15.9 Å². The summed E-state index contributed by atoms with van der Waals surface area (Å²) in [5.41, 5.74) is 2.09. The van der Waals surface area contributed by atoms with Gasteiger partial charge in [0.05, 0.1) is 10.2 Å². The lowest BCUT2D eigenvalue weighted by atomic mass is 10.3. The zero-order valence-electron chi connectivity index (χ0n) is 8.97. The molecule has 0 aliphatic rings. The molecule has 0 fully saturated rings. The van der Waals surface area contributed by atoms with Crippen LogP contribution < -0.4 is 5.32 Å². The first-order valence-corrected chi connectivity index (χ1v) is 7.28. The van der Waals surface area contributed by atoms with Crippen molar-refractivity contribution in [1.29, 1.82) is 0 Å². The minimum absolute atomic E-state index is 0.800. The third kappa shape index (κ3) is 3.30. The Morgan fingerprint density at radius 3 is 2.53 bits per heavy atom. The van der Waals surface area contributed by atoms with Crippen molar-refractivity contribution in [3.8, 4) is 0 Å². The topological polar surface area (TPSA) is 24.9 Å². The van der Waals surface area contributed by atoms with Gasteiger partial charge < -0.3 is 5.32 Å². The lowest BCUT2D eigenvalue weighted by Gasteiger charge is -2.10. The fourth-order valence-corrected chi connectivity index (χ4v) is 2.62. The van der Waals surface area contributed by atoms with Crippen LogP contribution in [0.3, 0.4) is 0 Å². The van der Waals surface area contributed by atoms with Gasteiger partial charge in [-0.2, -0.15) is 0 Å². The highest BCUT2D eigenvalue weighted by Crippen LogP contribution is 2.31. The van der Waals surface area contributed by atoms with Crippen molar-refractivity contribution >= 4 is 59.3 Å². The third-order valence-electron chi connectivity index (χ3n) is 2.16. The molecule has 2 aromatic rings. The Hall–Kier alpha value is -0.390. The Morgan fingerprint density at radius 1 is 1.06 bits per heavy atom. The van der Waals surface area contributed by atoms with Crippen molar-refractivity contribution in [2.75, 3.05) is 5.32 Å². The highest BCUT2D eigenvalue weighted by Gasteiger charge is 2.05. The summed E-state index contributed by atoms with van der Waals surface area (Å²) in [4.78, 5) is 4.35. The van der Waals surface area contributed by atoms with Crippen LogP contribution in [0.2, 0.25) is 0 Å². The van der Waals surface area contributed by atoms with Gasteiger partial charge in [0, 0.05) is 15.1 Å². The summed E-state index contributed by atoms with van der Waals surface area (Å²) in [7, 11) is 0. The second kappa shape index (κ2) is 5.50. The average molecular weight is 421 g/mol. The van der Waals surface area contributed by atoms with Crippen LogP contribution in [0.5, 0.6) is 0 Å². The number of pyridine rings is 1. The monoisotopic (exact) mass is 418 g/mol. The molecule has 0 aliphatic carbocycles. The summed E-state index contributed by atoms with van der Waals surface area (Å²) in [6.45, 7) is 2.01. The Labute approximate surface area is 125 Å². The van der Waals surface area contributed by atoms with E-state index in [0.717, 1.165) is 30.5 Å². The molecule has 2 nitrogen and oxygen atoms in total. The molecule has 0 saturated carbocycles. The van der Waals surface area contributed by atoms with E-state index >= 15 is 0 Å². The molecule has 5 heteroatoms. The molecule has 0 amide bonds. The predicted molar refractivity (Wildman–Crippen MR) is 81.8 cm³/mol. The number of hydrogen-bond acceptors (Lipinski definition) is 2. The van der Waals surface area contributed by atoms with Gasteiger partial charge in [-0.05, 0) is 68.6 Å². The smallest absolute Gasteiger partial charge is 0.144 e. The van der Waals surface area contributed by atoms with E-state index in [2.05, 4.69) is 58.1 Å². The largest absolute Gasteiger partial charge is 0.338 e. The highest BCUT2D eigenvalue weighted by atomic mass is 79.9. The first kappa shape index (κ1) is 13.1. The Balaban J connectivity index is 2.34. The van der Waals surface area contributed by atoms with Crippen molar-refractivity contribution < 1.29 is 0 Å². The van der Waals surface area contributed by atoms with Crippen LogP contribution in [-0.2, 0) is 0 Å². The van der Waals surface area contributed by atoms with Crippen molar-refractivity contribution in [3.63, 3.8) is 0 Å². The van der Waals surface area contributed by atoms with E-state index in [1.54, 1.807) is 0 Å². The van der Waals surface area contributed by atoms with E-state index in [9.17, 15) is 0 Å². The summed E-state index contributed by atoms with van der Waals surface area (Å²) in [6, 6.07) is 7.99. The molecule has 0 unspecified atom stereocenters. The zero-order chi connectivity index (χ0) is 12.4. The van der Waals surface area contributed by atoms with Crippen molar-refractivity contribution in [1.82, 2.24) is 4.98 Å². The highest BCUT2D eigenvalue weighted by molar-refractivity contribution is 9.11. The summed E-state index contributed by atoms with van der Waals surface area (Å²) < 4.78 is 2.96. The Morgan fingerprint density at radius 2 is 1.82 bits per heavy atom. The minimum atomic E-state index is 0.800. The number of nitrogens with one attached hydrogen (secondary N) is 1. The molecule has 0 bridgehead atoms. The SMILES string of the molecule is Cc1cnc(Nc2cc(Br)ccc2Br)c(Br)c1. The molecule has 88 valence electrons. The van der Waals surface area contributed by atoms with E-state index in [4.69, 9.17) is 0 Å². The van der Waals surface area contributed by atoms with E-state index in [1.165, 1.54) is 0 Å². The van der Waals surface area contributed by atoms with E-state index in [-0.39, 0.29) is 0 Å². The molecule has 0 radical (unpaired) electrons. The van der Waals surface area contributed by atoms with Gasteiger partial charge in [0.2, 0.25) is 0 Å². The van der Waals surface area contributed by atoms with Crippen LogP contribution >= 0.6 is 47.8 Å². The number of anilines is 2. The van der Waals surface area contributed by atoms with Gasteiger partial charge in [0.25, 0.3) is 0 Å². The van der Waals surface area contributed by atoms with Gasteiger partial charge in [0.1, 0.15) is 5.82 Å². The number of hydrogen-bond donors (Lipinski definition) is 1. The zero-order valence-corrected chi connectivity index (χ0v) is 13.7. The van der Waals surface area contributed by atoms with Crippen LogP contribution in [0.15, 0.2) is 43.9 Å². The quantitative estimate of drug-likeness (QED) is 0.701. The van der Waals surface area contributed by atoms with E-state index in [0.29, 0.717) is 0 Å². The second-order valence-electron chi connectivity index (χ2n) is 3.59. The molecular weight excluding hydrogens is 412 g/mol. The summed E-state index contributed by atoms with van der Waals surface area (Å²) in [5, 5.41) is 3.27. The standard InChI is InChI=1S/C12H9Br3N2/c1-7-4-10(15)12(16-6-7)17-11-5-8(13)2-3-9(11)14/h2-6H,1H3,(H,16,17). The fourth-order valence-electron chi connectivity index (χ4n) is 1.35. The molecule has 2 rings (SSSR count). The van der Waals surface area contributed by atoms with Gasteiger partial charge in [-0.25, -0.2) is 4.98 Å². The molecule has 0 spiro atoms. The van der Waals surface area contributed by atoms with Crippen LogP contribution in [0.25, 0.3) is 0 Å². The maximum atomic E-state index is 4.35. The molecule has 1 aromatic heterocycles. The molecule has 1 heterocycles. The Bertz CT molecular complexity index is 555. The molecule has 0 aliphatic heterocycles. The number of nitrogens with zero attached hydrogens (tertiary/aromatic N) is 1. The summed E-state index contributed by atoms with van der Waals surface area (Å²) in [6.07, 6.45) is 1.83. The summed E-state index contributed by atoms with van der Waals surface area (Å²) >= 11 is 10.4. The lowest BCUT2D eigenvalue weighted by Crippen LogP contribution is -1.96. The number of benzene rings is 1. The first-order valence-electron chi connectivity index (χ1n) is 4.90. The van der Waals surface area contributed by atoms with Gasteiger partial charge >= 0.3 is 0 Å². The van der Waals surface area contributed by atoms with Gasteiger partial charge in [-0.3, -0.25) is 0 Å². The van der Waals surface area contributed by atoms with Crippen molar-refractivity contribution in [2.45, 2.75) is 6.92 Å². The van der Waals surface area contributed by atoms with E-state index in [1.807, 2.05) is 37.4 Å². The maximum Gasteiger partial charge on any atom is 0.144 e. The first-order chi connectivity index (χ1) is 8.06. The summed E-state index contributed by atoms with van der Waals surface area (Å²) in [5.74, 6) is 0.800. The molecule has 0 atom stereocenters. The average Bonchev–Trinajstić information content (AvgIpc) is 2.27. The van der Waals surface area contributed by atoms with Gasteiger partial charge in [-0.15, -0.1) is 0 Å². The fraction of sp³-hybridized carbons (Fsp3) is 0.0833. The molecule has 0 saturated heterocycles. The van der Waals surface area contributed by atoms with Crippen LogP contribution in [0.1, 0.15) is 5.56 Å². The molecule has 1 N–H and O–H groups in total. The number of aromatic nitrogens is 1. The second-order valence-corrected chi connectivity index (χ2v) is 6.22. The normalized spacial score (nSPS) is 10.4. The van der Waals surface area contributed by atoms with Gasteiger partial charge in [0.15, 0.2) is 0 Å². The van der Waals surface area contributed by atoms with Crippen LogP contribution in [0.4, 0.5) is 11.5 Å². The lowest BCUT2D eigenvalue weighted by molar-refractivity contribution is 1.24. The van der Waals surface area contributed by atoms with Crippen LogP contribution in [0, 0.1) is 6.92 Å². The van der Waals surface area contributed by atoms with Crippen molar-refractivity contribution in [2.24, 2.45) is 0 Å². The van der Waals surface area contributed by atoms with Crippen LogP contribution in [-0.4, -0.2) is 4.98 Å². The third-order valence-corrected chi connectivity index (χ3v) is 3.95. The number of aryl methyl sites for hydroxylation is 1. The van der Waals surface area contributed by atoms with E-state index < -0.39 is 0 Å². The maximum absolute atomic E-state index is 4.35. The van der Waals surface area contributed by atoms with Crippen molar-refractivity contribution in [3.05, 3.63) is 49.4 Å². The Kier molecular flexibility index (Phi) is 4.22.